The summed E-state index contributed by atoms with van der Waals surface area (Å²) in [5, 5.41) is 9.39. The Bertz CT molecular complexity index is 1850. The first-order valence-electron chi connectivity index (χ1n) is 13.5. The van der Waals surface area contributed by atoms with Gasteiger partial charge in [0.2, 0.25) is 0 Å². The van der Waals surface area contributed by atoms with Crippen molar-refractivity contribution < 1.29 is 17.9 Å². The molecule has 0 unspecified atom stereocenters. The Morgan fingerprint density at radius 3 is 2.59 bits per heavy atom. The molecule has 0 atom stereocenters. The normalized spacial score (nSPS) is 16.9. The van der Waals surface area contributed by atoms with Gasteiger partial charge in [-0.2, -0.15) is 10.2 Å². The van der Waals surface area contributed by atoms with E-state index in [2.05, 4.69) is 32.0 Å². The summed E-state index contributed by atoms with van der Waals surface area (Å²) < 4.78 is 44.8. The predicted octanol–water partition coefficient (Wildman–Crippen LogP) is 4.95. The molecule has 1 spiro atoms. The molecule has 2 aromatic carbocycles. The number of sulfonamides is 1. The average molecular weight is 571 g/mol. The smallest absolute Gasteiger partial charge is 0.265 e. The lowest BCUT2D eigenvalue weighted by molar-refractivity contribution is -0.153. The molecule has 1 N–H and O–H groups in total. The second-order valence-electron chi connectivity index (χ2n) is 11.1. The number of ether oxygens (including phenoxy) is 2. The molecule has 0 aliphatic heterocycles. The van der Waals surface area contributed by atoms with Crippen LogP contribution < -0.4 is 9.46 Å². The summed E-state index contributed by atoms with van der Waals surface area (Å²) in [7, 11) is -0.759. The van der Waals surface area contributed by atoms with E-state index in [0.29, 0.717) is 34.8 Å². The topological polar surface area (TPSA) is 113 Å². The Morgan fingerprint density at radius 2 is 1.83 bits per heavy atom. The van der Waals surface area contributed by atoms with Crippen molar-refractivity contribution in [3.63, 3.8) is 0 Å². The molecule has 11 heteroatoms. The Morgan fingerprint density at radius 1 is 1.02 bits per heavy atom. The van der Waals surface area contributed by atoms with Gasteiger partial charge in [0.25, 0.3) is 10.0 Å². The van der Waals surface area contributed by atoms with E-state index in [-0.39, 0.29) is 4.90 Å². The zero-order valence-corrected chi connectivity index (χ0v) is 23.6. The highest BCUT2D eigenvalue weighted by Gasteiger charge is 2.62. The van der Waals surface area contributed by atoms with Crippen LogP contribution in [-0.2, 0) is 34.0 Å². The summed E-state index contributed by atoms with van der Waals surface area (Å²) in [5.41, 5.74) is 3.09. The third kappa shape index (κ3) is 4.54. The second-order valence-corrected chi connectivity index (χ2v) is 12.8. The molecule has 41 heavy (non-hydrogen) atoms. The maximum absolute atomic E-state index is 13.5. The van der Waals surface area contributed by atoms with E-state index in [1.165, 1.54) is 37.0 Å². The van der Waals surface area contributed by atoms with E-state index >= 15 is 0 Å². The number of nitrogens with zero attached hydrogens (tertiary/aromatic N) is 5. The van der Waals surface area contributed by atoms with Crippen LogP contribution in [0.2, 0.25) is 0 Å². The zero-order valence-electron chi connectivity index (χ0n) is 22.8. The van der Waals surface area contributed by atoms with Crippen LogP contribution in [0.1, 0.15) is 36.8 Å². The molecule has 3 aromatic heterocycles. The number of anilines is 1. The van der Waals surface area contributed by atoms with Crippen molar-refractivity contribution >= 4 is 26.6 Å². The first kappa shape index (κ1) is 25.7. The molecule has 10 nitrogen and oxygen atoms in total. The van der Waals surface area contributed by atoms with E-state index < -0.39 is 15.6 Å². The monoisotopic (exact) mass is 570 g/mol. The zero-order chi connectivity index (χ0) is 28.2. The summed E-state index contributed by atoms with van der Waals surface area (Å²) in [6, 6.07) is 17.7. The molecule has 2 aliphatic rings. The summed E-state index contributed by atoms with van der Waals surface area (Å²) in [5.74, 6) is 0.913. The van der Waals surface area contributed by atoms with Crippen molar-refractivity contribution in [2.45, 2.75) is 42.8 Å². The highest BCUT2D eigenvalue weighted by molar-refractivity contribution is 7.92. The number of aromatic nitrogens is 5. The van der Waals surface area contributed by atoms with E-state index in [9.17, 15) is 8.42 Å². The molecule has 2 saturated carbocycles. The Labute approximate surface area is 238 Å². The standard InChI is InChI=1S/C30H30N6O4S/c1-35-28-22(15-32-35)8-9-25(39-2)27(28)34-41(37,38)24-16-33-36(17-24)26-14-23(10-13-31-26)30(19-29(20-30)11-12-29)40-18-21-6-4-3-5-7-21/h3-10,13-17,34H,11-12,18-20H2,1-2H3. The van der Waals surface area contributed by atoms with Gasteiger partial charge in [-0.3, -0.25) is 9.40 Å². The summed E-state index contributed by atoms with van der Waals surface area (Å²) >= 11 is 0. The van der Waals surface area contributed by atoms with Crippen molar-refractivity contribution in [1.29, 1.82) is 0 Å². The van der Waals surface area contributed by atoms with Crippen molar-refractivity contribution in [3.8, 4) is 11.6 Å². The summed E-state index contributed by atoms with van der Waals surface area (Å²) in [6.07, 6.45) is 10.6. The first-order chi connectivity index (χ1) is 19.8. The number of hydrogen-bond acceptors (Lipinski definition) is 7. The van der Waals surface area contributed by atoms with Crippen LogP contribution in [-0.4, -0.2) is 40.1 Å². The molecule has 210 valence electrons. The van der Waals surface area contributed by atoms with Gasteiger partial charge in [0.1, 0.15) is 16.3 Å². The van der Waals surface area contributed by atoms with Crippen LogP contribution >= 0.6 is 0 Å². The van der Waals surface area contributed by atoms with Crippen molar-refractivity contribution in [2.24, 2.45) is 12.5 Å². The lowest BCUT2D eigenvalue weighted by Gasteiger charge is -2.48. The van der Waals surface area contributed by atoms with E-state index in [1.807, 2.05) is 36.4 Å². The minimum absolute atomic E-state index is 0.00143. The first-order valence-corrected chi connectivity index (χ1v) is 15.0. The third-order valence-corrected chi connectivity index (χ3v) is 9.64. The molecular formula is C30H30N6O4S. The van der Waals surface area contributed by atoms with Crippen molar-refractivity contribution in [1.82, 2.24) is 24.5 Å². The third-order valence-electron chi connectivity index (χ3n) is 8.33. The van der Waals surface area contributed by atoms with Crippen molar-refractivity contribution in [2.75, 3.05) is 11.8 Å². The largest absolute Gasteiger partial charge is 0.494 e. The minimum atomic E-state index is -4.00. The van der Waals surface area contributed by atoms with Crippen LogP contribution in [0.4, 0.5) is 5.69 Å². The van der Waals surface area contributed by atoms with Crippen LogP contribution in [0.5, 0.6) is 5.75 Å². The van der Waals surface area contributed by atoms with Crippen LogP contribution in [0.15, 0.2) is 84.3 Å². The number of fused-ring (bicyclic) bond motifs is 1. The van der Waals surface area contributed by atoms with Gasteiger partial charge in [0.15, 0.2) is 5.82 Å². The van der Waals surface area contributed by atoms with Gasteiger partial charge in [-0.1, -0.05) is 30.3 Å². The Kier molecular flexibility index (Phi) is 5.91. The fourth-order valence-electron chi connectivity index (χ4n) is 5.98. The second kappa shape index (κ2) is 9.42. The van der Waals surface area contributed by atoms with E-state index in [4.69, 9.17) is 9.47 Å². The molecule has 2 fully saturated rings. The number of aryl methyl sites for hydroxylation is 1. The molecule has 0 bridgehead atoms. The molecule has 0 saturated heterocycles. The van der Waals surface area contributed by atoms with Crippen LogP contribution in [0.3, 0.4) is 0 Å². The molecule has 3 heterocycles. The van der Waals surface area contributed by atoms with Gasteiger partial charge in [-0.15, -0.1) is 0 Å². The molecular weight excluding hydrogens is 540 g/mol. The van der Waals surface area contributed by atoms with Crippen LogP contribution in [0, 0.1) is 5.41 Å². The fourth-order valence-corrected chi connectivity index (χ4v) is 6.99. The fraction of sp³-hybridized carbons (Fsp3) is 0.300. The van der Waals surface area contributed by atoms with Gasteiger partial charge < -0.3 is 9.47 Å². The van der Waals surface area contributed by atoms with Gasteiger partial charge >= 0.3 is 0 Å². The highest BCUT2D eigenvalue weighted by Crippen LogP contribution is 2.69. The minimum Gasteiger partial charge on any atom is -0.494 e. The molecule has 0 amide bonds. The predicted molar refractivity (Wildman–Crippen MR) is 153 cm³/mol. The lowest BCUT2D eigenvalue weighted by Crippen LogP contribution is -2.45. The number of nitrogens with one attached hydrogen (secondary N) is 1. The number of rotatable bonds is 9. The lowest BCUT2D eigenvalue weighted by atomic mass is 9.64. The summed E-state index contributed by atoms with van der Waals surface area (Å²) in [6.45, 7) is 0.525. The average Bonchev–Trinajstić information content (AvgIpc) is 3.40. The van der Waals surface area contributed by atoms with Gasteiger partial charge in [-0.25, -0.2) is 18.1 Å². The highest BCUT2D eigenvalue weighted by atomic mass is 32.2. The van der Waals surface area contributed by atoms with E-state index in [0.717, 1.165) is 29.4 Å². The van der Waals surface area contributed by atoms with Gasteiger partial charge in [0.05, 0.1) is 43.4 Å². The SMILES string of the molecule is COc1ccc2cnn(C)c2c1NS(=O)(=O)c1cnn(-c2cc(C3(OCc4ccccc4)CC4(CC4)C3)ccn2)c1. The molecule has 5 aromatic rings. The van der Waals surface area contributed by atoms with E-state index in [1.54, 1.807) is 30.2 Å². The van der Waals surface area contributed by atoms with Crippen LogP contribution in [0.25, 0.3) is 16.7 Å². The molecule has 0 radical (unpaired) electrons. The number of pyridine rings is 1. The Balaban J connectivity index is 1.17. The summed E-state index contributed by atoms with van der Waals surface area (Å²) in [4.78, 5) is 4.50. The van der Waals surface area contributed by atoms with Crippen molar-refractivity contribution in [3.05, 3.63) is 90.5 Å². The molecule has 2 aliphatic carbocycles. The maximum Gasteiger partial charge on any atom is 0.265 e. The number of benzene rings is 2. The Hall–Kier alpha value is -4.22. The van der Waals surface area contributed by atoms with Gasteiger partial charge in [0, 0.05) is 18.6 Å². The number of methoxy groups -OCH3 is 1. The quantitative estimate of drug-likeness (QED) is 0.267. The molecule has 7 rings (SSSR count). The maximum atomic E-state index is 13.5. The van der Waals surface area contributed by atoms with Gasteiger partial charge in [-0.05, 0) is 66.5 Å². The number of hydrogen-bond donors (Lipinski definition) is 1.